The van der Waals surface area contributed by atoms with E-state index in [1.807, 2.05) is 17.0 Å². The Hall–Kier alpha value is -1.66. The van der Waals surface area contributed by atoms with Crippen LogP contribution >= 0.6 is 0 Å². The van der Waals surface area contributed by atoms with Gasteiger partial charge < -0.3 is 19.7 Å². The minimum Gasteiger partial charge on any atom is -0.367 e. The number of carbonyl (C=O) groups excluding carboxylic acids is 1. The first-order chi connectivity index (χ1) is 10.7. The van der Waals surface area contributed by atoms with Gasteiger partial charge in [0, 0.05) is 38.2 Å². The van der Waals surface area contributed by atoms with Crippen LogP contribution in [-0.2, 0) is 9.47 Å². The molecule has 1 aromatic rings. The Kier molecular flexibility index (Phi) is 3.50. The molecule has 2 saturated heterocycles. The van der Waals surface area contributed by atoms with Gasteiger partial charge in [-0.3, -0.25) is 4.79 Å². The van der Waals surface area contributed by atoms with Crippen molar-refractivity contribution in [1.82, 2.24) is 9.88 Å². The molecule has 22 heavy (non-hydrogen) atoms. The number of nitrogens with one attached hydrogen (secondary N) is 1. The van der Waals surface area contributed by atoms with Crippen LogP contribution in [0.1, 0.15) is 36.0 Å². The number of carbonyl (C=O) groups is 1. The van der Waals surface area contributed by atoms with Crippen molar-refractivity contribution >= 4 is 11.7 Å². The van der Waals surface area contributed by atoms with E-state index in [0.717, 1.165) is 18.7 Å². The maximum absolute atomic E-state index is 12.5. The van der Waals surface area contributed by atoms with Gasteiger partial charge in [0.05, 0.1) is 18.8 Å². The fraction of sp³-hybridized carbons (Fsp3) is 0.625. The van der Waals surface area contributed by atoms with E-state index in [1.54, 1.807) is 6.20 Å². The van der Waals surface area contributed by atoms with Crippen molar-refractivity contribution in [2.75, 3.05) is 31.6 Å². The number of anilines is 1. The molecule has 0 unspecified atom stereocenters. The normalized spacial score (nSPS) is 23.7. The fourth-order valence-corrected chi connectivity index (χ4v) is 3.06. The van der Waals surface area contributed by atoms with Crippen LogP contribution in [0.15, 0.2) is 18.3 Å². The van der Waals surface area contributed by atoms with E-state index >= 15 is 0 Å². The zero-order valence-corrected chi connectivity index (χ0v) is 12.6. The molecular formula is C16H21N3O3. The molecule has 2 aliphatic heterocycles. The summed E-state index contributed by atoms with van der Waals surface area (Å²) in [5.74, 6) is 0.454. The SMILES string of the molecule is O=C(c1ccc(NC2CC2)nc1)N1CCC2(CC1)OCCO2. The van der Waals surface area contributed by atoms with Crippen LogP contribution in [-0.4, -0.2) is 53.9 Å². The summed E-state index contributed by atoms with van der Waals surface area (Å²) in [6.45, 7) is 2.66. The van der Waals surface area contributed by atoms with Crippen molar-refractivity contribution in [3.05, 3.63) is 23.9 Å². The van der Waals surface area contributed by atoms with Crippen LogP contribution in [0.4, 0.5) is 5.82 Å². The second-order valence-electron chi connectivity index (χ2n) is 6.25. The fourth-order valence-electron chi connectivity index (χ4n) is 3.06. The van der Waals surface area contributed by atoms with Crippen LogP contribution in [0.3, 0.4) is 0 Å². The highest BCUT2D eigenvalue weighted by Crippen LogP contribution is 2.31. The number of amides is 1. The molecule has 1 aliphatic carbocycles. The van der Waals surface area contributed by atoms with Crippen molar-refractivity contribution in [2.24, 2.45) is 0 Å². The molecule has 1 spiro atoms. The zero-order valence-electron chi connectivity index (χ0n) is 12.6. The summed E-state index contributed by atoms with van der Waals surface area (Å²) in [4.78, 5) is 18.7. The number of likely N-dealkylation sites (tertiary alicyclic amines) is 1. The van der Waals surface area contributed by atoms with Gasteiger partial charge in [-0.15, -0.1) is 0 Å². The van der Waals surface area contributed by atoms with Crippen molar-refractivity contribution in [2.45, 2.75) is 37.5 Å². The van der Waals surface area contributed by atoms with Gasteiger partial charge in [0.2, 0.25) is 0 Å². The van der Waals surface area contributed by atoms with Gasteiger partial charge in [-0.05, 0) is 25.0 Å². The van der Waals surface area contributed by atoms with Crippen LogP contribution in [0.25, 0.3) is 0 Å². The molecule has 0 bridgehead atoms. The largest absolute Gasteiger partial charge is 0.367 e. The van der Waals surface area contributed by atoms with E-state index in [2.05, 4.69) is 10.3 Å². The molecule has 1 aromatic heterocycles. The van der Waals surface area contributed by atoms with Gasteiger partial charge in [0.25, 0.3) is 5.91 Å². The third kappa shape index (κ3) is 2.80. The van der Waals surface area contributed by atoms with E-state index in [-0.39, 0.29) is 5.91 Å². The molecule has 118 valence electrons. The molecule has 0 atom stereocenters. The summed E-state index contributed by atoms with van der Waals surface area (Å²) in [5, 5.41) is 3.33. The predicted molar refractivity (Wildman–Crippen MR) is 80.7 cm³/mol. The first-order valence-electron chi connectivity index (χ1n) is 8.04. The lowest BCUT2D eigenvalue weighted by atomic mass is 10.0. The lowest BCUT2D eigenvalue weighted by Crippen LogP contribution is -2.47. The maximum Gasteiger partial charge on any atom is 0.255 e. The minimum absolute atomic E-state index is 0.0401. The molecule has 3 fully saturated rings. The Balaban J connectivity index is 1.37. The number of hydrogen-bond donors (Lipinski definition) is 1. The number of aromatic nitrogens is 1. The molecule has 1 amide bonds. The lowest BCUT2D eigenvalue weighted by Gasteiger charge is -2.37. The van der Waals surface area contributed by atoms with Crippen LogP contribution in [0.5, 0.6) is 0 Å². The van der Waals surface area contributed by atoms with Gasteiger partial charge in [-0.2, -0.15) is 0 Å². The molecule has 1 N–H and O–H groups in total. The van der Waals surface area contributed by atoms with Crippen molar-refractivity contribution in [1.29, 1.82) is 0 Å². The van der Waals surface area contributed by atoms with Crippen molar-refractivity contribution in [3.63, 3.8) is 0 Å². The summed E-state index contributed by atoms with van der Waals surface area (Å²) >= 11 is 0. The lowest BCUT2D eigenvalue weighted by molar-refractivity contribution is -0.181. The number of piperidine rings is 1. The third-order valence-corrected chi connectivity index (χ3v) is 4.57. The predicted octanol–water partition coefficient (Wildman–Crippen LogP) is 1.63. The standard InChI is InChI=1S/C16H21N3O3/c20-15(12-1-4-14(17-11-12)18-13-2-3-13)19-7-5-16(6-8-19)21-9-10-22-16/h1,4,11,13H,2-3,5-10H2,(H,17,18). The van der Waals surface area contributed by atoms with Gasteiger partial charge in [-0.25, -0.2) is 4.98 Å². The second-order valence-corrected chi connectivity index (χ2v) is 6.25. The second kappa shape index (κ2) is 5.52. The van der Waals surface area contributed by atoms with E-state index < -0.39 is 5.79 Å². The quantitative estimate of drug-likeness (QED) is 0.919. The highest BCUT2D eigenvalue weighted by Gasteiger charge is 2.40. The Morgan fingerprint density at radius 2 is 1.95 bits per heavy atom. The first kappa shape index (κ1) is 14.0. The number of nitrogens with zero attached hydrogens (tertiary/aromatic N) is 2. The minimum atomic E-state index is -0.437. The third-order valence-electron chi connectivity index (χ3n) is 4.57. The average Bonchev–Trinajstić information content (AvgIpc) is 3.26. The van der Waals surface area contributed by atoms with Crippen LogP contribution < -0.4 is 5.32 Å². The van der Waals surface area contributed by atoms with Gasteiger partial charge in [0.1, 0.15) is 5.82 Å². The van der Waals surface area contributed by atoms with E-state index in [0.29, 0.717) is 37.9 Å². The Bertz CT molecular complexity index is 540. The Morgan fingerprint density at radius 1 is 1.23 bits per heavy atom. The number of rotatable bonds is 3. The zero-order chi connectivity index (χ0) is 15.0. The average molecular weight is 303 g/mol. The summed E-state index contributed by atoms with van der Waals surface area (Å²) in [6.07, 6.45) is 5.57. The van der Waals surface area contributed by atoms with E-state index in [1.165, 1.54) is 12.8 Å². The summed E-state index contributed by atoms with van der Waals surface area (Å²) in [7, 11) is 0. The highest BCUT2D eigenvalue weighted by atomic mass is 16.7. The Morgan fingerprint density at radius 3 is 2.55 bits per heavy atom. The van der Waals surface area contributed by atoms with Gasteiger partial charge in [-0.1, -0.05) is 0 Å². The molecule has 0 aromatic carbocycles. The van der Waals surface area contributed by atoms with E-state index in [4.69, 9.17) is 9.47 Å². The van der Waals surface area contributed by atoms with Gasteiger partial charge in [0.15, 0.2) is 5.79 Å². The van der Waals surface area contributed by atoms with Crippen molar-refractivity contribution < 1.29 is 14.3 Å². The molecule has 4 rings (SSSR count). The molecule has 0 radical (unpaired) electrons. The molecule has 1 saturated carbocycles. The van der Waals surface area contributed by atoms with Crippen molar-refractivity contribution in [3.8, 4) is 0 Å². The maximum atomic E-state index is 12.5. The Labute approximate surface area is 129 Å². The highest BCUT2D eigenvalue weighted by molar-refractivity contribution is 5.94. The first-order valence-corrected chi connectivity index (χ1v) is 8.04. The summed E-state index contributed by atoms with van der Waals surface area (Å²) in [5.41, 5.74) is 0.644. The monoisotopic (exact) mass is 303 g/mol. The number of hydrogen-bond acceptors (Lipinski definition) is 5. The van der Waals surface area contributed by atoms with E-state index in [9.17, 15) is 4.79 Å². The van der Waals surface area contributed by atoms with Crippen LogP contribution in [0.2, 0.25) is 0 Å². The molecule has 3 aliphatic rings. The molecule has 3 heterocycles. The molecule has 6 nitrogen and oxygen atoms in total. The van der Waals surface area contributed by atoms with Gasteiger partial charge >= 0.3 is 0 Å². The smallest absolute Gasteiger partial charge is 0.255 e. The number of pyridine rings is 1. The number of ether oxygens (including phenoxy) is 2. The topological polar surface area (TPSA) is 63.7 Å². The molecular weight excluding hydrogens is 282 g/mol. The van der Waals surface area contributed by atoms with Crippen LogP contribution in [0, 0.1) is 0 Å². The summed E-state index contributed by atoms with van der Waals surface area (Å²) in [6, 6.07) is 4.31. The molecule has 6 heteroatoms. The summed E-state index contributed by atoms with van der Waals surface area (Å²) < 4.78 is 11.4.